The van der Waals surface area contributed by atoms with Crippen molar-refractivity contribution in [2.75, 3.05) is 0 Å². The van der Waals surface area contributed by atoms with E-state index in [9.17, 15) is 0 Å². The Morgan fingerprint density at radius 1 is 1.43 bits per heavy atom. The summed E-state index contributed by atoms with van der Waals surface area (Å²) >= 11 is 3.64. The number of fused-ring (bicyclic) bond motifs is 1. The molecule has 2 unspecified atom stereocenters. The van der Waals surface area contributed by atoms with Gasteiger partial charge in [-0.2, -0.15) is 0 Å². The standard InChI is InChI=1S/C11H15NS2/c1-3-7(2)11(12)10-6-9-8(14-10)4-5-13-9/h4-7,11H,3,12H2,1-2H3. The van der Waals surface area contributed by atoms with Crippen molar-refractivity contribution in [3.63, 3.8) is 0 Å². The maximum Gasteiger partial charge on any atom is 0.0454 e. The first-order chi connectivity index (χ1) is 6.72. The maximum absolute atomic E-state index is 6.19. The summed E-state index contributed by atoms with van der Waals surface area (Å²) in [7, 11) is 0. The lowest BCUT2D eigenvalue weighted by Gasteiger charge is -2.16. The molecule has 2 heterocycles. The Bertz CT molecular complexity index is 387. The molecule has 0 fully saturated rings. The van der Waals surface area contributed by atoms with Gasteiger partial charge in [0, 0.05) is 20.3 Å². The van der Waals surface area contributed by atoms with Crippen LogP contribution in [-0.2, 0) is 0 Å². The Kier molecular flexibility index (Phi) is 2.91. The van der Waals surface area contributed by atoms with Gasteiger partial charge < -0.3 is 5.73 Å². The van der Waals surface area contributed by atoms with Crippen LogP contribution in [0.2, 0.25) is 0 Å². The van der Waals surface area contributed by atoms with Crippen LogP contribution in [-0.4, -0.2) is 0 Å². The summed E-state index contributed by atoms with van der Waals surface area (Å²) in [5, 5.41) is 2.14. The summed E-state index contributed by atoms with van der Waals surface area (Å²) in [4.78, 5) is 1.33. The van der Waals surface area contributed by atoms with Crippen LogP contribution in [0.1, 0.15) is 31.2 Å². The number of hydrogen-bond acceptors (Lipinski definition) is 3. The molecule has 14 heavy (non-hydrogen) atoms. The molecule has 1 nitrogen and oxygen atoms in total. The van der Waals surface area contributed by atoms with E-state index in [-0.39, 0.29) is 6.04 Å². The Morgan fingerprint density at radius 3 is 2.86 bits per heavy atom. The molecule has 0 radical (unpaired) electrons. The molecule has 0 saturated heterocycles. The first-order valence-corrected chi connectivity index (χ1v) is 6.64. The Hall–Kier alpha value is -0.380. The molecule has 2 aromatic rings. The topological polar surface area (TPSA) is 26.0 Å². The van der Waals surface area contributed by atoms with Crippen molar-refractivity contribution >= 4 is 32.1 Å². The van der Waals surface area contributed by atoms with Crippen molar-refractivity contribution in [3.05, 3.63) is 22.4 Å². The first-order valence-electron chi connectivity index (χ1n) is 4.95. The minimum Gasteiger partial charge on any atom is -0.323 e. The monoisotopic (exact) mass is 225 g/mol. The predicted octanol–water partition coefficient (Wildman–Crippen LogP) is 4.01. The minimum absolute atomic E-state index is 0.213. The minimum atomic E-state index is 0.213. The lowest BCUT2D eigenvalue weighted by Crippen LogP contribution is -2.16. The fourth-order valence-corrected chi connectivity index (χ4v) is 3.74. The number of hydrogen-bond donors (Lipinski definition) is 1. The summed E-state index contributed by atoms with van der Waals surface area (Å²) in [5.41, 5.74) is 6.19. The lowest BCUT2D eigenvalue weighted by molar-refractivity contribution is 0.462. The van der Waals surface area contributed by atoms with Gasteiger partial charge in [0.15, 0.2) is 0 Å². The van der Waals surface area contributed by atoms with Crippen molar-refractivity contribution in [2.24, 2.45) is 11.7 Å². The van der Waals surface area contributed by atoms with Crippen LogP contribution < -0.4 is 5.73 Å². The van der Waals surface area contributed by atoms with Gasteiger partial charge in [-0.15, -0.1) is 22.7 Å². The Labute approximate surface area is 92.6 Å². The van der Waals surface area contributed by atoms with E-state index in [0.29, 0.717) is 5.92 Å². The van der Waals surface area contributed by atoms with Gasteiger partial charge in [0.1, 0.15) is 0 Å². The van der Waals surface area contributed by atoms with Crippen LogP contribution in [0.5, 0.6) is 0 Å². The van der Waals surface area contributed by atoms with E-state index in [2.05, 4.69) is 31.4 Å². The average Bonchev–Trinajstić information content (AvgIpc) is 2.74. The van der Waals surface area contributed by atoms with Crippen LogP contribution in [0.15, 0.2) is 17.5 Å². The van der Waals surface area contributed by atoms with Gasteiger partial charge in [-0.25, -0.2) is 0 Å². The van der Waals surface area contributed by atoms with E-state index >= 15 is 0 Å². The summed E-state index contributed by atoms with van der Waals surface area (Å²) in [5.74, 6) is 0.572. The first kappa shape index (κ1) is 10.1. The fraction of sp³-hybridized carbons (Fsp3) is 0.455. The Morgan fingerprint density at radius 2 is 2.21 bits per heavy atom. The van der Waals surface area contributed by atoms with Gasteiger partial charge in [-0.3, -0.25) is 0 Å². The van der Waals surface area contributed by atoms with Gasteiger partial charge in [0.05, 0.1) is 0 Å². The van der Waals surface area contributed by atoms with Crippen LogP contribution in [0.25, 0.3) is 9.40 Å². The maximum atomic E-state index is 6.19. The van der Waals surface area contributed by atoms with E-state index in [1.807, 2.05) is 11.3 Å². The van der Waals surface area contributed by atoms with Crippen molar-refractivity contribution in [1.29, 1.82) is 0 Å². The summed E-state index contributed by atoms with van der Waals surface area (Å²) in [6.07, 6.45) is 1.15. The molecule has 3 heteroatoms. The molecule has 0 amide bonds. The average molecular weight is 225 g/mol. The molecule has 2 N–H and O–H groups in total. The largest absolute Gasteiger partial charge is 0.323 e. The van der Waals surface area contributed by atoms with Gasteiger partial charge in [0.25, 0.3) is 0 Å². The normalized spacial score (nSPS) is 15.9. The third-order valence-corrected chi connectivity index (χ3v) is 4.94. The van der Waals surface area contributed by atoms with Gasteiger partial charge in [-0.1, -0.05) is 20.3 Å². The zero-order valence-electron chi connectivity index (χ0n) is 8.49. The molecule has 0 aliphatic heterocycles. The second-order valence-electron chi connectivity index (χ2n) is 3.71. The highest BCUT2D eigenvalue weighted by Crippen LogP contribution is 2.35. The Balaban J connectivity index is 2.30. The molecule has 0 aliphatic carbocycles. The second-order valence-corrected chi connectivity index (χ2v) is 5.77. The second kappa shape index (κ2) is 4.01. The van der Waals surface area contributed by atoms with Crippen molar-refractivity contribution in [3.8, 4) is 0 Å². The number of rotatable bonds is 3. The zero-order valence-corrected chi connectivity index (χ0v) is 10.1. The smallest absolute Gasteiger partial charge is 0.0454 e. The van der Waals surface area contributed by atoms with Gasteiger partial charge in [0.2, 0.25) is 0 Å². The summed E-state index contributed by atoms with van der Waals surface area (Å²) in [6, 6.07) is 4.64. The van der Waals surface area contributed by atoms with E-state index in [4.69, 9.17) is 5.73 Å². The quantitative estimate of drug-likeness (QED) is 0.839. The zero-order chi connectivity index (χ0) is 10.1. The fourth-order valence-electron chi connectivity index (χ4n) is 1.48. The van der Waals surface area contributed by atoms with E-state index in [1.165, 1.54) is 14.3 Å². The number of nitrogens with two attached hydrogens (primary N) is 1. The summed E-state index contributed by atoms with van der Waals surface area (Å²) in [6.45, 7) is 4.42. The van der Waals surface area contributed by atoms with Crippen molar-refractivity contribution < 1.29 is 0 Å². The number of thiophene rings is 2. The van der Waals surface area contributed by atoms with Gasteiger partial charge >= 0.3 is 0 Å². The highest BCUT2D eigenvalue weighted by atomic mass is 32.1. The van der Waals surface area contributed by atoms with Crippen LogP contribution in [0, 0.1) is 5.92 Å². The molecular weight excluding hydrogens is 210 g/mol. The van der Waals surface area contributed by atoms with Crippen molar-refractivity contribution in [1.82, 2.24) is 0 Å². The molecular formula is C11H15NS2. The lowest BCUT2D eigenvalue weighted by atomic mass is 9.99. The molecule has 0 aliphatic rings. The molecule has 2 atom stereocenters. The van der Waals surface area contributed by atoms with Gasteiger partial charge in [-0.05, 0) is 23.4 Å². The molecule has 0 saturated carbocycles. The van der Waals surface area contributed by atoms with E-state index < -0.39 is 0 Å². The molecule has 0 bridgehead atoms. The third kappa shape index (κ3) is 1.72. The third-order valence-electron chi connectivity index (χ3n) is 2.74. The van der Waals surface area contributed by atoms with E-state index in [1.54, 1.807) is 11.3 Å². The molecule has 2 rings (SSSR count). The van der Waals surface area contributed by atoms with Crippen molar-refractivity contribution in [2.45, 2.75) is 26.3 Å². The van der Waals surface area contributed by atoms with Crippen LogP contribution in [0.4, 0.5) is 0 Å². The predicted molar refractivity (Wildman–Crippen MR) is 66.1 cm³/mol. The van der Waals surface area contributed by atoms with Crippen LogP contribution in [0.3, 0.4) is 0 Å². The molecule has 0 spiro atoms. The highest BCUT2D eigenvalue weighted by molar-refractivity contribution is 7.26. The molecule has 76 valence electrons. The molecule has 0 aromatic carbocycles. The van der Waals surface area contributed by atoms with Crippen LogP contribution >= 0.6 is 22.7 Å². The SMILES string of the molecule is CCC(C)C(N)c1cc2sccc2s1. The highest BCUT2D eigenvalue weighted by Gasteiger charge is 2.15. The van der Waals surface area contributed by atoms with E-state index in [0.717, 1.165) is 6.42 Å². The summed E-state index contributed by atoms with van der Waals surface area (Å²) < 4.78 is 2.76. The molecule has 2 aromatic heterocycles.